The first-order chi connectivity index (χ1) is 9.11. The molecule has 106 valence electrons. The van der Waals surface area contributed by atoms with E-state index in [1.54, 1.807) is 11.3 Å². The number of nitrogens with zero attached hydrogens (tertiary/aromatic N) is 2. The van der Waals surface area contributed by atoms with Gasteiger partial charge in [0.1, 0.15) is 0 Å². The molecule has 1 aromatic rings. The summed E-state index contributed by atoms with van der Waals surface area (Å²) in [5.41, 5.74) is 7.02. The Morgan fingerprint density at radius 2 is 2.47 bits per heavy atom. The lowest BCUT2D eigenvalue weighted by molar-refractivity contribution is -0.134. The summed E-state index contributed by atoms with van der Waals surface area (Å²) in [6.07, 6.45) is 3.90. The van der Waals surface area contributed by atoms with Crippen LogP contribution in [0.4, 0.5) is 0 Å². The maximum absolute atomic E-state index is 12.3. The minimum absolute atomic E-state index is 0.111. The zero-order valence-corrected chi connectivity index (χ0v) is 12.6. The number of amides is 1. The Balaban J connectivity index is 1.99. The molecule has 0 aromatic carbocycles. The average Bonchev–Trinajstić information content (AvgIpc) is 2.85. The number of nitrogens with two attached hydrogens (primary N) is 1. The molecule has 0 radical (unpaired) electrons. The minimum Gasteiger partial charge on any atom is -0.341 e. The van der Waals surface area contributed by atoms with E-state index in [0.29, 0.717) is 5.92 Å². The van der Waals surface area contributed by atoms with Gasteiger partial charge in [0.15, 0.2) is 0 Å². The molecule has 1 aromatic heterocycles. The van der Waals surface area contributed by atoms with Crippen LogP contribution >= 0.6 is 11.3 Å². The van der Waals surface area contributed by atoms with Gasteiger partial charge in [-0.05, 0) is 26.2 Å². The largest absolute Gasteiger partial charge is 0.341 e. The van der Waals surface area contributed by atoms with E-state index >= 15 is 0 Å². The molecule has 1 aliphatic heterocycles. The summed E-state index contributed by atoms with van der Waals surface area (Å²) in [7, 11) is 0. The summed E-state index contributed by atoms with van der Waals surface area (Å²) < 4.78 is 0. The second-order valence-corrected chi connectivity index (χ2v) is 6.24. The molecule has 0 saturated carbocycles. The molecule has 0 bridgehead atoms. The van der Waals surface area contributed by atoms with E-state index in [1.807, 2.05) is 11.8 Å². The van der Waals surface area contributed by atoms with Crippen molar-refractivity contribution in [3.63, 3.8) is 0 Å². The highest BCUT2D eigenvalue weighted by Gasteiger charge is 2.28. The smallest absolute Gasteiger partial charge is 0.239 e. The van der Waals surface area contributed by atoms with Crippen LogP contribution in [-0.4, -0.2) is 34.9 Å². The first-order valence-electron chi connectivity index (χ1n) is 7.08. The van der Waals surface area contributed by atoms with Gasteiger partial charge < -0.3 is 10.6 Å². The standard InChI is InChI=1S/C14H23N3OS/c1-3-5-12(15)14(18)17-7-4-6-11(8-17)13-16-10(2)9-19-13/h9,11-12H,3-8,15H2,1-2H3. The average molecular weight is 281 g/mol. The van der Waals surface area contributed by atoms with Crippen molar-refractivity contribution >= 4 is 17.2 Å². The number of carbonyl (C=O) groups is 1. The molecule has 4 nitrogen and oxygen atoms in total. The lowest BCUT2D eigenvalue weighted by atomic mass is 9.97. The first-order valence-corrected chi connectivity index (χ1v) is 7.96. The molecule has 0 aliphatic carbocycles. The molecule has 0 spiro atoms. The third kappa shape index (κ3) is 3.54. The molecule has 5 heteroatoms. The Kier molecular flexibility index (Phi) is 4.93. The van der Waals surface area contributed by atoms with Crippen LogP contribution in [-0.2, 0) is 4.79 Å². The van der Waals surface area contributed by atoms with Gasteiger partial charge in [-0.25, -0.2) is 4.98 Å². The number of rotatable bonds is 4. The highest BCUT2D eigenvalue weighted by atomic mass is 32.1. The summed E-state index contributed by atoms with van der Waals surface area (Å²) in [6, 6.07) is -0.332. The van der Waals surface area contributed by atoms with E-state index in [-0.39, 0.29) is 11.9 Å². The summed E-state index contributed by atoms with van der Waals surface area (Å²) in [4.78, 5) is 18.7. The van der Waals surface area contributed by atoms with Gasteiger partial charge in [0.05, 0.1) is 11.0 Å². The molecule has 1 saturated heterocycles. The number of piperidine rings is 1. The monoisotopic (exact) mass is 281 g/mol. The quantitative estimate of drug-likeness (QED) is 0.921. The number of aromatic nitrogens is 1. The fourth-order valence-electron chi connectivity index (χ4n) is 2.61. The third-order valence-corrected chi connectivity index (χ3v) is 4.76. The van der Waals surface area contributed by atoms with Gasteiger partial charge in [0, 0.05) is 30.1 Å². The van der Waals surface area contributed by atoms with Crippen LogP contribution in [0.15, 0.2) is 5.38 Å². The normalized spacial score (nSPS) is 21.4. The second kappa shape index (κ2) is 6.48. The second-order valence-electron chi connectivity index (χ2n) is 5.35. The lowest BCUT2D eigenvalue weighted by Crippen LogP contribution is -2.47. The van der Waals surface area contributed by atoms with Crippen LogP contribution in [0, 0.1) is 6.92 Å². The van der Waals surface area contributed by atoms with Crippen molar-refractivity contribution in [2.75, 3.05) is 13.1 Å². The molecular formula is C14H23N3OS. The van der Waals surface area contributed by atoms with Gasteiger partial charge in [-0.2, -0.15) is 0 Å². The Bertz CT molecular complexity index is 432. The van der Waals surface area contributed by atoms with Crippen molar-refractivity contribution in [3.05, 3.63) is 16.1 Å². The minimum atomic E-state index is -0.332. The topological polar surface area (TPSA) is 59.2 Å². The Morgan fingerprint density at radius 3 is 3.11 bits per heavy atom. The Labute approximate surface area is 119 Å². The number of aryl methyl sites for hydroxylation is 1. The SMILES string of the molecule is CCCC(N)C(=O)N1CCCC(c2nc(C)cs2)C1. The van der Waals surface area contributed by atoms with E-state index in [2.05, 4.69) is 17.3 Å². The third-order valence-electron chi connectivity index (χ3n) is 3.64. The van der Waals surface area contributed by atoms with Crippen molar-refractivity contribution in [2.45, 2.75) is 51.5 Å². The molecule has 2 heterocycles. The molecule has 1 amide bonds. The predicted octanol–water partition coefficient (Wildman–Crippen LogP) is 2.28. The zero-order valence-electron chi connectivity index (χ0n) is 11.8. The van der Waals surface area contributed by atoms with Gasteiger partial charge in [-0.1, -0.05) is 13.3 Å². The fourth-order valence-corrected chi connectivity index (χ4v) is 3.53. The molecule has 2 unspecified atom stereocenters. The molecule has 1 aliphatic rings. The van der Waals surface area contributed by atoms with E-state index in [0.717, 1.165) is 44.5 Å². The molecule has 2 atom stereocenters. The molecular weight excluding hydrogens is 258 g/mol. The van der Waals surface area contributed by atoms with E-state index in [1.165, 1.54) is 5.01 Å². The number of carbonyl (C=O) groups excluding carboxylic acids is 1. The summed E-state index contributed by atoms with van der Waals surface area (Å²) in [6.45, 7) is 5.70. The zero-order chi connectivity index (χ0) is 13.8. The molecule has 19 heavy (non-hydrogen) atoms. The van der Waals surface area contributed by atoms with E-state index in [4.69, 9.17) is 5.73 Å². The highest BCUT2D eigenvalue weighted by molar-refractivity contribution is 7.09. The predicted molar refractivity (Wildman–Crippen MR) is 78.3 cm³/mol. The maximum Gasteiger partial charge on any atom is 0.239 e. The van der Waals surface area contributed by atoms with Crippen LogP contribution in [0.2, 0.25) is 0 Å². The molecule has 2 N–H and O–H groups in total. The van der Waals surface area contributed by atoms with Crippen molar-refractivity contribution in [3.8, 4) is 0 Å². The van der Waals surface area contributed by atoms with E-state index in [9.17, 15) is 4.79 Å². The van der Waals surface area contributed by atoms with Crippen molar-refractivity contribution in [1.82, 2.24) is 9.88 Å². The van der Waals surface area contributed by atoms with Gasteiger partial charge in [-0.15, -0.1) is 11.3 Å². The number of hydrogen-bond donors (Lipinski definition) is 1. The van der Waals surface area contributed by atoms with Gasteiger partial charge in [0.2, 0.25) is 5.91 Å². The van der Waals surface area contributed by atoms with Crippen molar-refractivity contribution in [2.24, 2.45) is 5.73 Å². The number of likely N-dealkylation sites (tertiary alicyclic amines) is 1. The van der Waals surface area contributed by atoms with Crippen LogP contribution in [0.1, 0.15) is 49.2 Å². The highest BCUT2D eigenvalue weighted by Crippen LogP contribution is 2.29. The van der Waals surface area contributed by atoms with Crippen LogP contribution in [0.3, 0.4) is 0 Å². The summed E-state index contributed by atoms with van der Waals surface area (Å²) >= 11 is 1.71. The maximum atomic E-state index is 12.3. The molecule has 1 fully saturated rings. The summed E-state index contributed by atoms with van der Waals surface area (Å²) in [5, 5.41) is 3.25. The Morgan fingerprint density at radius 1 is 1.68 bits per heavy atom. The number of thiazole rings is 1. The van der Waals surface area contributed by atoms with Gasteiger partial charge in [0.25, 0.3) is 0 Å². The Hall–Kier alpha value is -0.940. The molecule has 2 rings (SSSR count). The van der Waals surface area contributed by atoms with Crippen molar-refractivity contribution in [1.29, 1.82) is 0 Å². The van der Waals surface area contributed by atoms with Crippen LogP contribution in [0.5, 0.6) is 0 Å². The van der Waals surface area contributed by atoms with Crippen LogP contribution < -0.4 is 5.73 Å². The van der Waals surface area contributed by atoms with Crippen molar-refractivity contribution < 1.29 is 4.79 Å². The summed E-state index contributed by atoms with van der Waals surface area (Å²) in [5.74, 6) is 0.505. The van der Waals surface area contributed by atoms with Gasteiger partial charge >= 0.3 is 0 Å². The lowest BCUT2D eigenvalue weighted by Gasteiger charge is -2.33. The number of hydrogen-bond acceptors (Lipinski definition) is 4. The fraction of sp³-hybridized carbons (Fsp3) is 0.714. The first kappa shape index (κ1) is 14.5. The van der Waals surface area contributed by atoms with E-state index < -0.39 is 0 Å². The van der Waals surface area contributed by atoms with Crippen LogP contribution in [0.25, 0.3) is 0 Å². The van der Waals surface area contributed by atoms with Gasteiger partial charge in [-0.3, -0.25) is 4.79 Å².